The first-order chi connectivity index (χ1) is 11.8. The molecule has 25 heavy (non-hydrogen) atoms. The lowest BCUT2D eigenvalue weighted by atomic mass is 10.0. The zero-order valence-electron chi connectivity index (χ0n) is 14.2. The molecule has 0 atom stereocenters. The monoisotopic (exact) mass is 404 g/mol. The lowest BCUT2D eigenvalue weighted by molar-refractivity contribution is 0.0735. The van der Waals surface area contributed by atoms with Crippen LogP contribution < -0.4 is 9.47 Å². The third-order valence-corrected chi connectivity index (χ3v) is 5.37. The Balaban J connectivity index is 2.35. The van der Waals surface area contributed by atoms with E-state index < -0.39 is 5.97 Å². The van der Waals surface area contributed by atoms with Gasteiger partial charge in [0.1, 0.15) is 22.8 Å². The van der Waals surface area contributed by atoms with Gasteiger partial charge in [0.2, 0.25) is 0 Å². The summed E-state index contributed by atoms with van der Waals surface area (Å²) in [6.45, 7) is 7.07. The van der Waals surface area contributed by atoms with E-state index in [4.69, 9.17) is 9.47 Å². The van der Waals surface area contributed by atoms with E-state index in [1.54, 1.807) is 19.9 Å². The van der Waals surface area contributed by atoms with Gasteiger partial charge in [-0.2, -0.15) is 0 Å². The largest absolute Gasteiger partial charge is 0.508 e. The number of carbonyl (C=O) groups excluding carboxylic acids is 1. The fourth-order valence-electron chi connectivity index (χ4n) is 2.73. The summed E-state index contributed by atoms with van der Waals surface area (Å²) < 4.78 is 12.0. The molecule has 0 spiro atoms. The zero-order valence-corrected chi connectivity index (χ0v) is 15.8. The molecule has 0 saturated heterocycles. The highest BCUT2D eigenvalue weighted by Crippen LogP contribution is 2.49. The minimum atomic E-state index is -0.607. The molecule has 0 aromatic heterocycles. The van der Waals surface area contributed by atoms with Gasteiger partial charge in [-0.1, -0.05) is 6.08 Å². The average molecular weight is 405 g/mol. The summed E-state index contributed by atoms with van der Waals surface area (Å²) >= 11 is 3.26. The van der Waals surface area contributed by atoms with Gasteiger partial charge in [-0.15, -0.1) is 0 Å². The zero-order chi connectivity index (χ0) is 18.5. The number of hydrogen-bond acceptors (Lipinski definition) is 5. The Morgan fingerprint density at radius 2 is 1.76 bits per heavy atom. The maximum absolute atomic E-state index is 12.7. The molecule has 1 aliphatic rings. The Morgan fingerprint density at radius 3 is 2.40 bits per heavy atom. The topological polar surface area (TPSA) is 76.0 Å². The summed E-state index contributed by atoms with van der Waals surface area (Å²) in [5.41, 5.74) is 2.61. The van der Waals surface area contributed by atoms with Crippen molar-refractivity contribution in [3.8, 4) is 28.7 Å². The summed E-state index contributed by atoms with van der Waals surface area (Å²) in [6, 6.07) is 2.95. The van der Waals surface area contributed by atoms with E-state index in [0.717, 1.165) is 5.57 Å². The van der Waals surface area contributed by atoms with Crippen molar-refractivity contribution in [1.29, 1.82) is 0 Å². The summed E-state index contributed by atoms with van der Waals surface area (Å²) in [4.78, 5) is 12.7. The first-order valence-electron chi connectivity index (χ1n) is 7.68. The third-order valence-electron chi connectivity index (χ3n) is 4.37. The number of esters is 1. The Hall–Kier alpha value is -2.47. The first kappa shape index (κ1) is 17.4. The van der Waals surface area contributed by atoms with Crippen LogP contribution in [-0.2, 0) is 0 Å². The SMILES string of the molecule is CC=C(C)c1cc(O)c(C)c2c1Oc1cc(O)c(Br)c(C)c1C(=O)O2. The summed E-state index contributed by atoms with van der Waals surface area (Å²) in [7, 11) is 0. The average Bonchev–Trinajstić information content (AvgIpc) is 2.72. The molecule has 2 N–H and O–H groups in total. The van der Waals surface area contributed by atoms with Gasteiger partial charge in [0.05, 0.1) is 4.47 Å². The van der Waals surface area contributed by atoms with Gasteiger partial charge in [0, 0.05) is 17.2 Å². The molecule has 3 rings (SSSR count). The van der Waals surface area contributed by atoms with E-state index in [-0.39, 0.29) is 28.6 Å². The number of carbonyl (C=O) groups is 1. The second kappa shape index (κ2) is 6.11. The van der Waals surface area contributed by atoms with Crippen LogP contribution in [0.15, 0.2) is 22.7 Å². The highest BCUT2D eigenvalue weighted by atomic mass is 79.9. The quantitative estimate of drug-likeness (QED) is 0.502. The van der Waals surface area contributed by atoms with Crippen LogP contribution in [0.3, 0.4) is 0 Å². The van der Waals surface area contributed by atoms with Gasteiger partial charge < -0.3 is 19.7 Å². The van der Waals surface area contributed by atoms with E-state index in [1.165, 1.54) is 6.07 Å². The minimum absolute atomic E-state index is 0.0121. The number of aromatic hydroxyl groups is 2. The van der Waals surface area contributed by atoms with Gasteiger partial charge in [0.15, 0.2) is 11.5 Å². The molecule has 0 aliphatic carbocycles. The van der Waals surface area contributed by atoms with E-state index in [2.05, 4.69) is 15.9 Å². The molecule has 6 heteroatoms. The maximum Gasteiger partial charge on any atom is 0.347 e. The van der Waals surface area contributed by atoms with Crippen molar-refractivity contribution in [2.24, 2.45) is 0 Å². The van der Waals surface area contributed by atoms with E-state index in [0.29, 0.717) is 26.9 Å². The van der Waals surface area contributed by atoms with Gasteiger partial charge in [-0.3, -0.25) is 0 Å². The lowest BCUT2D eigenvalue weighted by Crippen LogP contribution is -2.10. The van der Waals surface area contributed by atoms with Crippen LogP contribution in [0.2, 0.25) is 0 Å². The second-order valence-electron chi connectivity index (χ2n) is 5.90. The summed E-state index contributed by atoms with van der Waals surface area (Å²) in [5.74, 6) is 0.0822. The Bertz CT molecular complexity index is 944. The predicted molar refractivity (Wildman–Crippen MR) is 97.7 cm³/mol. The third kappa shape index (κ3) is 2.66. The van der Waals surface area contributed by atoms with Crippen molar-refractivity contribution in [2.45, 2.75) is 27.7 Å². The van der Waals surface area contributed by atoms with Gasteiger partial charge in [-0.05, 0) is 60.8 Å². The van der Waals surface area contributed by atoms with Crippen molar-refractivity contribution >= 4 is 27.5 Å². The summed E-state index contributed by atoms with van der Waals surface area (Å²) in [6.07, 6.45) is 1.87. The number of phenols is 2. The van der Waals surface area contributed by atoms with E-state index in [9.17, 15) is 15.0 Å². The number of benzene rings is 2. The fourth-order valence-corrected chi connectivity index (χ4v) is 3.04. The molecule has 0 radical (unpaired) electrons. The Labute approximate surface area is 153 Å². The number of halogens is 1. The molecule has 0 fully saturated rings. The Kier molecular flexibility index (Phi) is 4.24. The molecule has 2 aromatic carbocycles. The molecule has 0 unspecified atom stereocenters. The molecule has 0 bridgehead atoms. The van der Waals surface area contributed by atoms with E-state index in [1.807, 2.05) is 19.9 Å². The lowest BCUT2D eigenvalue weighted by Gasteiger charge is -2.16. The molecular weight excluding hydrogens is 388 g/mol. The normalized spacial score (nSPS) is 13.5. The van der Waals surface area contributed by atoms with Crippen LogP contribution in [0.25, 0.3) is 5.57 Å². The van der Waals surface area contributed by atoms with Gasteiger partial charge in [0.25, 0.3) is 0 Å². The number of rotatable bonds is 1. The Morgan fingerprint density at radius 1 is 1.08 bits per heavy atom. The molecule has 0 saturated carbocycles. The number of fused-ring (bicyclic) bond motifs is 2. The predicted octanol–water partition coefficient (Wildman–Crippen LogP) is 5.23. The number of ether oxygens (including phenoxy) is 2. The van der Waals surface area contributed by atoms with Gasteiger partial charge >= 0.3 is 5.97 Å². The molecule has 1 aliphatic heterocycles. The number of allylic oxidation sites excluding steroid dienone is 2. The maximum atomic E-state index is 12.7. The highest BCUT2D eigenvalue weighted by Gasteiger charge is 2.31. The second-order valence-corrected chi connectivity index (χ2v) is 6.69. The molecule has 0 amide bonds. The van der Waals surface area contributed by atoms with Crippen molar-refractivity contribution in [2.75, 3.05) is 0 Å². The molecular formula is C19H17BrO5. The van der Waals surface area contributed by atoms with Crippen molar-refractivity contribution < 1.29 is 24.5 Å². The molecule has 2 aromatic rings. The van der Waals surface area contributed by atoms with Gasteiger partial charge in [-0.25, -0.2) is 4.79 Å². The molecule has 5 nitrogen and oxygen atoms in total. The first-order valence-corrected chi connectivity index (χ1v) is 8.47. The van der Waals surface area contributed by atoms with E-state index >= 15 is 0 Å². The van der Waals surface area contributed by atoms with Crippen molar-refractivity contribution in [1.82, 2.24) is 0 Å². The van der Waals surface area contributed by atoms with Crippen LogP contribution in [-0.4, -0.2) is 16.2 Å². The highest BCUT2D eigenvalue weighted by molar-refractivity contribution is 9.10. The fraction of sp³-hybridized carbons (Fsp3) is 0.211. The van der Waals surface area contributed by atoms with Crippen LogP contribution in [0, 0.1) is 13.8 Å². The number of hydrogen-bond donors (Lipinski definition) is 2. The van der Waals surface area contributed by atoms with Crippen LogP contribution >= 0.6 is 15.9 Å². The van der Waals surface area contributed by atoms with Crippen molar-refractivity contribution in [3.05, 3.63) is 44.9 Å². The van der Waals surface area contributed by atoms with Crippen LogP contribution in [0.1, 0.15) is 40.9 Å². The molecule has 130 valence electrons. The van der Waals surface area contributed by atoms with Crippen LogP contribution in [0.4, 0.5) is 0 Å². The minimum Gasteiger partial charge on any atom is -0.508 e. The van der Waals surface area contributed by atoms with Crippen LogP contribution in [0.5, 0.6) is 28.7 Å². The summed E-state index contributed by atoms with van der Waals surface area (Å²) in [5, 5.41) is 20.3. The number of phenolic OH excluding ortho intramolecular Hbond substituents is 2. The smallest absolute Gasteiger partial charge is 0.347 e. The van der Waals surface area contributed by atoms with Crippen molar-refractivity contribution in [3.63, 3.8) is 0 Å². The molecule has 1 heterocycles. The standard InChI is InChI=1S/C19H17BrO5/c1-5-8(2)11-6-12(21)9(3)17-18(11)24-14-7-13(22)16(20)10(4)15(14)19(23)25-17/h5-7,21-22H,1-4H3.